The van der Waals surface area contributed by atoms with Crippen molar-refractivity contribution in [3.05, 3.63) is 35.8 Å². The molecule has 0 amide bonds. The number of nitrogens with zero attached hydrogens (tertiary/aromatic N) is 1. The van der Waals surface area contributed by atoms with Crippen molar-refractivity contribution in [2.75, 3.05) is 33.4 Å². The Kier molecular flexibility index (Phi) is 8.02. The maximum absolute atomic E-state index is 8.60. The molecule has 23 heavy (non-hydrogen) atoms. The molecule has 5 nitrogen and oxygen atoms in total. The minimum absolute atomic E-state index is 0.400. The Bertz CT molecular complexity index is 512. The highest BCUT2D eigenvalue weighted by Crippen LogP contribution is 2.25. The summed E-state index contributed by atoms with van der Waals surface area (Å²) in [7, 11) is 1.63. The molecule has 0 radical (unpaired) electrons. The predicted octanol–water partition coefficient (Wildman–Crippen LogP) is 3.76. The van der Waals surface area contributed by atoms with Gasteiger partial charge in [0.15, 0.2) is 0 Å². The molecule has 1 aromatic rings. The van der Waals surface area contributed by atoms with E-state index in [1.54, 1.807) is 7.11 Å². The Morgan fingerprint density at radius 2 is 1.48 bits per heavy atom. The molecular weight excluding hydrogens is 292 g/mol. The van der Waals surface area contributed by atoms with Crippen LogP contribution in [0.1, 0.15) is 33.3 Å². The Balaban J connectivity index is 3.38. The van der Waals surface area contributed by atoms with Crippen LogP contribution in [0.3, 0.4) is 0 Å². The Hall–Kier alpha value is -2.17. The number of hydrogen-bond acceptors (Lipinski definition) is 4. The van der Waals surface area contributed by atoms with Crippen molar-refractivity contribution in [2.24, 2.45) is 0 Å². The van der Waals surface area contributed by atoms with Crippen molar-refractivity contribution in [1.29, 1.82) is 5.41 Å². The van der Waals surface area contributed by atoms with Crippen molar-refractivity contribution in [2.45, 2.75) is 27.7 Å². The second kappa shape index (κ2) is 9.77. The second-order valence-corrected chi connectivity index (χ2v) is 4.78. The molecule has 0 atom stereocenters. The Morgan fingerprint density at radius 3 is 1.87 bits per heavy atom. The lowest BCUT2D eigenvalue weighted by Crippen LogP contribution is -2.31. The molecule has 1 rings (SSSR count). The minimum Gasteiger partial charge on any atom is -0.497 e. The first-order valence-corrected chi connectivity index (χ1v) is 8.10. The number of nitrogens with one attached hydrogen (secondary N) is 1. The Labute approximate surface area is 139 Å². The van der Waals surface area contributed by atoms with Crippen LogP contribution in [-0.4, -0.2) is 44.1 Å². The van der Waals surface area contributed by atoms with Gasteiger partial charge in [-0.25, -0.2) is 0 Å². The highest BCUT2D eigenvalue weighted by atomic mass is 16.7. The summed E-state index contributed by atoms with van der Waals surface area (Å²) in [6.07, 6.45) is 0. The van der Waals surface area contributed by atoms with E-state index in [1.165, 1.54) is 0 Å². The van der Waals surface area contributed by atoms with Crippen LogP contribution in [0.2, 0.25) is 0 Å². The fraction of sp³-hybridized carbons (Fsp3) is 0.500. The van der Waals surface area contributed by atoms with E-state index in [4.69, 9.17) is 19.6 Å². The van der Waals surface area contributed by atoms with Crippen LogP contribution >= 0.6 is 0 Å². The van der Waals surface area contributed by atoms with Crippen molar-refractivity contribution in [3.8, 4) is 5.75 Å². The first-order valence-electron chi connectivity index (χ1n) is 8.10. The number of ether oxygens (including phenoxy) is 3. The van der Waals surface area contributed by atoms with E-state index < -0.39 is 0 Å². The van der Waals surface area contributed by atoms with E-state index in [0.717, 1.165) is 24.4 Å². The van der Waals surface area contributed by atoms with E-state index in [9.17, 15) is 0 Å². The molecule has 1 aromatic carbocycles. The summed E-state index contributed by atoms with van der Waals surface area (Å²) >= 11 is 0. The van der Waals surface area contributed by atoms with Gasteiger partial charge in [-0.15, -0.1) is 0 Å². The summed E-state index contributed by atoms with van der Waals surface area (Å²) < 4.78 is 16.6. The zero-order chi connectivity index (χ0) is 17.2. The SMILES string of the molecule is CCOC(OCC)=C(C(=N)N(CC)CC)c1ccc(OC)cc1. The average molecular weight is 320 g/mol. The molecule has 0 saturated carbocycles. The van der Waals surface area contributed by atoms with Crippen LogP contribution in [0.4, 0.5) is 0 Å². The molecule has 0 bridgehead atoms. The molecule has 0 unspecified atom stereocenters. The lowest BCUT2D eigenvalue weighted by atomic mass is 10.0. The molecule has 0 aliphatic rings. The average Bonchev–Trinajstić information content (AvgIpc) is 2.57. The second-order valence-electron chi connectivity index (χ2n) is 4.78. The van der Waals surface area contributed by atoms with Gasteiger partial charge in [0.05, 0.1) is 20.3 Å². The van der Waals surface area contributed by atoms with E-state index >= 15 is 0 Å². The summed E-state index contributed by atoms with van der Waals surface area (Å²) in [5.74, 6) is 1.57. The lowest BCUT2D eigenvalue weighted by Gasteiger charge is -2.25. The van der Waals surface area contributed by atoms with Crippen molar-refractivity contribution >= 4 is 11.4 Å². The normalized spacial score (nSPS) is 9.96. The number of benzene rings is 1. The first-order chi connectivity index (χ1) is 11.1. The fourth-order valence-corrected chi connectivity index (χ4v) is 2.26. The monoisotopic (exact) mass is 320 g/mol. The lowest BCUT2D eigenvalue weighted by molar-refractivity contribution is 0.0495. The first kappa shape index (κ1) is 18.9. The maximum atomic E-state index is 8.60. The smallest absolute Gasteiger partial charge is 0.291 e. The molecule has 0 aliphatic carbocycles. The van der Waals surface area contributed by atoms with Gasteiger partial charge in [-0.3, -0.25) is 5.41 Å². The van der Waals surface area contributed by atoms with Gasteiger partial charge in [0.1, 0.15) is 17.2 Å². The van der Waals surface area contributed by atoms with Crippen LogP contribution < -0.4 is 4.74 Å². The van der Waals surface area contributed by atoms with Crippen LogP contribution in [-0.2, 0) is 9.47 Å². The number of rotatable bonds is 9. The zero-order valence-corrected chi connectivity index (χ0v) is 14.8. The van der Waals surface area contributed by atoms with Crippen LogP contribution in [0, 0.1) is 5.41 Å². The molecule has 0 spiro atoms. The van der Waals surface area contributed by atoms with Gasteiger partial charge in [0, 0.05) is 13.1 Å². The van der Waals surface area contributed by atoms with E-state index in [2.05, 4.69) is 0 Å². The predicted molar refractivity (Wildman–Crippen MR) is 93.8 cm³/mol. The molecule has 0 saturated heterocycles. The Morgan fingerprint density at radius 1 is 0.957 bits per heavy atom. The van der Waals surface area contributed by atoms with Gasteiger partial charge < -0.3 is 19.1 Å². The number of hydrogen-bond donors (Lipinski definition) is 1. The number of amidine groups is 1. The van der Waals surface area contributed by atoms with Gasteiger partial charge in [-0.1, -0.05) is 12.1 Å². The largest absolute Gasteiger partial charge is 0.497 e. The molecule has 0 heterocycles. The van der Waals surface area contributed by atoms with Gasteiger partial charge in [-0.05, 0) is 45.4 Å². The van der Waals surface area contributed by atoms with E-state index in [-0.39, 0.29) is 0 Å². The molecular formula is C18H28N2O3. The maximum Gasteiger partial charge on any atom is 0.291 e. The summed E-state index contributed by atoms with van der Waals surface area (Å²) in [6, 6.07) is 7.59. The van der Waals surface area contributed by atoms with Gasteiger partial charge in [0.25, 0.3) is 5.95 Å². The minimum atomic E-state index is 0.400. The van der Waals surface area contributed by atoms with E-state index in [0.29, 0.717) is 30.6 Å². The third-order valence-corrected chi connectivity index (χ3v) is 3.45. The summed E-state index contributed by atoms with van der Waals surface area (Å²) in [5, 5.41) is 8.60. The van der Waals surface area contributed by atoms with Crippen LogP contribution in [0.25, 0.3) is 5.57 Å². The van der Waals surface area contributed by atoms with E-state index in [1.807, 2.05) is 56.9 Å². The molecule has 5 heteroatoms. The highest BCUT2D eigenvalue weighted by molar-refractivity contribution is 6.21. The van der Waals surface area contributed by atoms with Crippen molar-refractivity contribution in [1.82, 2.24) is 4.90 Å². The standard InChI is InChI=1S/C18H28N2O3/c1-6-20(7-2)17(19)16(18(22-8-3)23-9-4)14-10-12-15(21-5)13-11-14/h10-13,19H,6-9H2,1-5H3. The number of methoxy groups -OCH3 is 1. The summed E-state index contributed by atoms with van der Waals surface area (Å²) in [6.45, 7) is 10.4. The fourth-order valence-electron chi connectivity index (χ4n) is 2.26. The van der Waals surface area contributed by atoms with Gasteiger partial charge in [0.2, 0.25) is 0 Å². The van der Waals surface area contributed by atoms with Crippen molar-refractivity contribution < 1.29 is 14.2 Å². The third kappa shape index (κ3) is 4.91. The molecule has 0 aliphatic heterocycles. The summed E-state index contributed by atoms with van der Waals surface area (Å²) in [4.78, 5) is 1.97. The third-order valence-electron chi connectivity index (χ3n) is 3.45. The zero-order valence-electron chi connectivity index (χ0n) is 14.8. The number of likely N-dealkylation sites (N-methyl/N-ethyl adjacent to an activating group) is 1. The summed E-state index contributed by atoms with van der Waals surface area (Å²) in [5.41, 5.74) is 1.54. The van der Waals surface area contributed by atoms with Crippen LogP contribution in [0.15, 0.2) is 30.2 Å². The quantitative estimate of drug-likeness (QED) is 0.428. The van der Waals surface area contributed by atoms with Crippen molar-refractivity contribution in [3.63, 3.8) is 0 Å². The van der Waals surface area contributed by atoms with Crippen LogP contribution in [0.5, 0.6) is 5.75 Å². The van der Waals surface area contributed by atoms with Gasteiger partial charge in [-0.2, -0.15) is 0 Å². The highest BCUT2D eigenvalue weighted by Gasteiger charge is 2.21. The molecule has 1 N–H and O–H groups in total. The molecule has 0 fully saturated rings. The molecule has 0 aromatic heterocycles. The molecule has 128 valence electrons. The van der Waals surface area contributed by atoms with Gasteiger partial charge >= 0.3 is 0 Å². The topological polar surface area (TPSA) is 54.8 Å².